The van der Waals surface area contributed by atoms with Gasteiger partial charge in [0.2, 0.25) is 11.8 Å². The van der Waals surface area contributed by atoms with Crippen LogP contribution in [0.25, 0.3) is 0 Å². The van der Waals surface area contributed by atoms with E-state index < -0.39 is 47.4 Å². The number of carbonyl (C=O) groups excluding carboxylic acids is 5. The van der Waals surface area contributed by atoms with E-state index in [1.807, 2.05) is 0 Å². The van der Waals surface area contributed by atoms with Crippen LogP contribution in [0.1, 0.15) is 12.8 Å². The van der Waals surface area contributed by atoms with E-state index in [9.17, 15) is 34.2 Å². The Labute approximate surface area is 157 Å². The predicted octanol–water partition coefficient (Wildman–Crippen LogP) is -1.15. The molecule has 11 nitrogen and oxygen atoms in total. The van der Waals surface area contributed by atoms with Gasteiger partial charge in [-0.3, -0.25) is 29.0 Å². The van der Waals surface area contributed by atoms with Crippen molar-refractivity contribution < 1.29 is 39.0 Å². The third-order valence-electron chi connectivity index (χ3n) is 4.17. The van der Waals surface area contributed by atoms with Crippen LogP contribution in [0.4, 0.5) is 0 Å². The number of hydrogen-bond acceptors (Lipinski definition) is 8. The van der Waals surface area contributed by atoms with Crippen molar-refractivity contribution in [1.82, 2.24) is 14.5 Å². The fourth-order valence-electron chi connectivity index (χ4n) is 2.82. The van der Waals surface area contributed by atoms with Crippen LogP contribution in [0.3, 0.4) is 0 Å². The molecule has 11 heteroatoms. The Morgan fingerprint density at radius 1 is 0.893 bits per heavy atom. The van der Waals surface area contributed by atoms with Gasteiger partial charge in [0.15, 0.2) is 0 Å². The van der Waals surface area contributed by atoms with Crippen LogP contribution in [-0.2, 0) is 24.0 Å². The van der Waals surface area contributed by atoms with Crippen LogP contribution in [0.2, 0.25) is 0 Å². The molecule has 4 amide bonds. The van der Waals surface area contributed by atoms with Crippen molar-refractivity contribution in [1.29, 1.82) is 0 Å². The van der Waals surface area contributed by atoms with Gasteiger partial charge in [-0.05, 0) is 6.42 Å². The number of rotatable bonds is 7. The molecule has 0 bridgehead atoms. The average molecular weight is 389 g/mol. The zero-order valence-electron chi connectivity index (χ0n) is 14.3. The second-order valence-electron chi connectivity index (χ2n) is 6.00. The van der Waals surface area contributed by atoms with Gasteiger partial charge < -0.3 is 15.1 Å². The molecule has 1 aromatic heterocycles. The smallest absolute Gasteiger partial charge is 0.333 e. The highest BCUT2D eigenvalue weighted by Crippen LogP contribution is 2.20. The number of imide groups is 2. The molecule has 0 radical (unpaired) electrons. The molecule has 0 fully saturated rings. The summed E-state index contributed by atoms with van der Waals surface area (Å²) in [5.74, 6) is -4.33. The highest BCUT2D eigenvalue weighted by molar-refractivity contribution is 6.14. The molecular formula is C17H15N3O8. The Balaban J connectivity index is 1.69. The van der Waals surface area contributed by atoms with Gasteiger partial charge in [0.05, 0.1) is 19.0 Å². The quantitative estimate of drug-likeness (QED) is 0.556. The third-order valence-corrected chi connectivity index (χ3v) is 4.17. The van der Waals surface area contributed by atoms with Crippen LogP contribution < -0.4 is 4.84 Å². The third kappa shape index (κ3) is 3.63. The van der Waals surface area contributed by atoms with Gasteiger partial charge in [-0.25, -0.2) is 4.79 Å². The van der Waals surface area contributed by atoms with Crippen LogP contribution in [0.15, 0.2) is 36.4 Å². The van der Waals surface area contributed by atoms with Gasteiger partial charge in [0.1, 0.15) is 0 Å². The molecule has 1 unspecified atom stereocenters. The molecule has 0 saturated heterocycles. The molecule has 3 heterocycles. The van der Waals surface area contributed by atoms with Crippen molar-refractivity contribution in [3.63, 3.8) is 0 Å². The largest absolute Gasteiger partial charge is 0.492 e. The summed E-state index contributed by atoms with van der Waals surface area (Å²) in [6, 6.07) is 1.26. The molecule has 2 aliphatic heterocycles. The average Bonchev–Trinajstić information content (AvgIpc) is 3.26. The first-order valence-corrected chi connectivity index (χ1v) is 8.17. The molecule has 2 N–H and O–H groups in total. The normalized spacial score (nSPS) is 17.1. The van der Waals surface area contributed by atoms with E-state index in [2.05, 4.69) is 0 Å². The van der Waals surface area contributed by atoms with Gasteiger partial charge in [-0.2, -0.15) is 0 Å². The highest BCUT2D eigenvalue weighted by atomic mass is 16.7. The number of aromatic hydroxyl groups is 2. The van der Waals surface area contributed by atoms with Crippen molar-refractivity contribution in [2.45, 2.75) is 18.9 Å². The molecule has 146 valence electrons. The summed E-state index contributed by atoms with van der Waals surface area (Å²) >= 11 is 0. The molecular weight excluding hydrogens is 374 g/mol. The van der Waals surface area contributed by atoms with Crippen LogP contribution in [-0.4, -0.2) is 66.9 Å². The van der Waals surface area contributed by atoms with Crippen molar-refractivity contribution in [3.8, 4) is 11.8 Å². The minimum absolute atomic E-state index is 0.113. The number of aromatic nitrogens is 1. The summed E-state index contributed by atoms with van der Waals surface area (Å²) < 4.78 is 0.502. The standard InChI is InChI=1S/C17H15N3O8/c21-11-2-3-12(22)18(11)9-10(19-13(23)4-5-14(19)24)1-8-17(27)28-20-15(25)6-7-16(20)26/h2-7,10,25-26H,1,8-9H2. The predicted molar refractivity (Wildman–Crippen MR) is 89.2 cm³/mol. The zero-order chi connectivity index (χ0) is 20.4. The molecule has 2 aliphatic rings. The second-order valence-corrected chi connectivity index (χ2v) is 6.00. The maximum atomic E-state index is 12.0. The van der Waals surface area contributed by atoms with E-state index in [1.165, 1.54) is 0 Å². The summed E-state index contributed by atoms with van der Waals surface area (Å²) in [6.45, 7) is -0.281. The van der Waals surface area contributed by atoms with E-state index in [-0.39, 0.29) is 19.4 Å². The second kappa shape index (κ2) is 7.39. The number of carbonyl (C=O) groups is 5. The Kier molecular flexibility index (Phi) is 4.98. The summed E-state index contributed by atoms with van der Waals surface area (Å²) in [6.07, 6.45) is 3.79. The number of amides is 4. The van der Waals surface area contributed by atoms with Gasteiger partial charge >= 0.3 is 5.97 Å². The van der Waals surface area contributed by atoms with E-state index in [1.54, 1.807) is 0 Å². The summed E-state index contributed by atoms with van der Waals surface area (Å²) in [5, 5.41) is 19.0. The number of nitrogens with zero attached hydrogens (tertiary/aromatic N) is 3. The fourth-order valence-corrected chi connectivity index (χ4v) is 2.82. The Morgan fingerprint density at radius 2 is 1.39 bits per heavy atom. The Hall–Kier alpha value is -3.89. The zero-order valence-corrected chi connectivity index (χ0v) is 14.3. The lowest BCUT2D eigenvalue weighted by atomic mass is 10.1. The maximum absolute atomic E-state index is 12.0. The monoisotopic (exact) mass is 389 g/mol. The SMILES string of the molecule is O=C(CCC(CN1C(=O)C=CC1=O)N1C(=O)C=CC1=O)On1c(O)ccc1O. The fraction of sp³-hybridized carbons (Fsp3) is 0.235. The summed E-state index contributed by atoms with van der Waals surface area (Å²) in [5.41, 5.74) is 0. The van der Waals surface area contributed by atoms with Gasteiger partial charge in [0.25, 0.3) is 23.6 Å². The van der Waals surface area contributed by atoms with Gasteiger partial charge in [0, 0.05) is 36.4 Å². The summed E-state index contributed by atoms with van der Waals surface area (Å²) in [7, 11) is 0. The van der Waals surface area contributed by atoms with Gasteiger partial charge in [-0.1, -0.05) is 0 Å². The van der Waals surface area contributed by atoms with E-state index in [0.29, 0.717) is 4.73 Å². The van der Waals surface area contributed by atoms with Crippen molar-refractivity contribution >= 4 is 29.6 Å². The lowest BCUT2D eigenvalue weighted by Crippen LogP contribution is -2.48. The van der Waals surface area contributed by atoms with Crippen molar-refractivity contribution in [2.24, 2.45) is 0 Å². The van der Waals surface area contributed by atoms with Crippen LogP contribution >= 0.6 is 0 Å². The lowest BCUT2D eigenvalue weighted by Gasteiger charge is -2.29. The summed E-state index contributed by atoms with van der Waals surface area (Å²) in [4.78, 5) is 66.1. The van der Waals surface area contributed by atoms with E-state index in [4.69, 9.17) is 4.84 Å². The van der Waals surface area contributed by atoms with Crippen molar-refractivity contribution in [3.05, 3.63) is 36.4 Å². The first-order valence-electron chi connectivity index (χ1n) is 8.17. The number of hydrogen-bond donors (Lipinski definition) is 2. The molecule has 1 atom stereocenters. The Bertz CT molecular complexity index is 873. The van der Waals surface area contributed by atoms with Crippen LogP contribution in [0, 0.1) is 0 Å². The van der Waals surface area contributed by atoms with E-state index in [0.717, 1.165) is 46.2 Å². The van der Waals surface area contributed by atoms with Crippen LogP contribution in [0.5, 0.6) is 11.8 Å². The maximum Gasteiger partial charge on any atom is 0.333 e. The van der Waals surface area contributed by atoms with Crippen molar-refractivity contribution in [2.75, 3.05) is 6.54 Å². The molecule has 0 aromatic carbocycles. The van der Waals surface area contributed by atoms with Gasteiger partial charge in [-0.15, -0.1) is 4.73 Å². The molecule has 1 aromatic rings. The first kappa shape index (κ1) is 18.9. The molecule has 28 heavy (non-hydrogen) atoms. The molecule has 0 spiro atoms. The topological polar surface area (TPSA) is 146 Å². The first-order chi connectivity index (χ1) is 13.3. The minimum Gasteiger partial charge on any atom is -0.492 e. The molecule has 0 saturated carbocycles. The molecule has 0 aliphatic carbocycles. The lowest BCUT2D eigenvalue weighted by molar-refractivity contribution is -0.148. The minimum atomic E-state index is -0.956. The Morgan fingerprint density at radius 3 is 1.93 bits per heavy atom. The van der Waals surface area contributed by atoms with E-state index >= 15 is 0 Å². The molecule has 3 rings (SSSR count). The highest BCUT2D eigenvalue weighted by Gasteiger charge is 2.36.